The molecule has 4 rings (SSSR count). The van der Waals surface area contributed by atoms with E-state index in [1.54, 1.807) is 36.8 Å². The molecule has 0 radical (unpaired) electrons. The fourth-order valence-electron chi connectivity index (χ4n) is 2.56. The van der Waals surface area contributed by atoms with E-state index in [9.17, 15) is 4.79 Å². The van der Waals surface area contributed by atoms with E-state index in [1.807, 2.05) is 30.3 Å². The van der Waals surface area contributed by atoms with Gasteiger partial charge < -0.3 is 4.74 Å². The first-order valence-corrected chi connectivity index (χ1v) is 8.10. The van der Waals surface area contributed by atoms with Crippen LogP contribution < -0.4 is 0 Å². The van der Waals surface area contributed by atoms with Crippen LogP contribution in [0.4, 0.5) is 0 Å². The molecule has 3 heterocycles. The topological polar surface area (TPSA) is 95.7 Å². The maximum atomic E-state index is 11.7. The van der Waals surface area contributed by atoms with Crippen molar-refractivity contribution in [3.63, 3.8) is 0 Å². The van der Waals surface area contributed by atoms with Crippen molar-refractivity contribution in [2.75, 3.05) is 7.11 Å². The first-order valence-electron chi connectivity index (χ1n) is 8.10. The minimum atomic E-state index is -0.390. The fraction of sp³-hybridized carbons (Fsp3) is 0.0526. The maximum absolute atomic E-state index is 11.7. The Bertz CT molecular complexity index is 1090. The first kappa shape index (κ1) is 16.5. The van der Waals surface area contributed by atoms with E-state index < -0.39 is 0 Å². The second-order valence-corrected chi connectivity index (χ2v) is 5.62. The molecule has 8 heteroatoms. The van der Waals surface area contributed by atoms with Gasteiger partial charge in [-0.05, 0) is 41.1 Å². The van der Waals surface area contributed by atoms with Crippen LogP contribution in [0.5, 0.6) is 0 Å². The van der Waals surface area contributed by atoms with E-state index in [0.717, 1.165) is 11.1 Å². The highest BCUT2D eigenvalue weighted by Gasteiger charge is 2.11. The Hall–Kier alpha value is -3.94. The highest BCUT2D eigenvalue weighted by Crippen LogP contribution is 2.22. The van der Waals surface area contributed by atoms with Crippen molar-refractivity contribution in [1.82, 2.24) is 30.2 Å². The van der Waals surface area contributed by atoms with Crippen molar-refractivity contribution in [2.45, 2.75) is 0 Å². The summed E-state index contributed by atoms with van der Waals surface area (Å²) < 4.78 is 4.77. The number of carbonyl (C=O) groups excluding carboxylic acids is 1. The highest BCUT2D eigenvalue weighted by atomic mass is 16.5. The number of esters is 1. The Morgan fingerprint density at radius 1 is 1.04 bits per heavy atom. The summed E-state index contributed by atoms with van der Waals surface area (Å²) in [7, 11) is 1.35. The van der Waals surface area contributed by atoms with Crippen LogP contribution in [-0.2, 0) is 4.74 Å². The van der Waals surface area contributed by atoms with Gasteiger partial charge >= 0.3 is 5.97 Å². The zero-order chi connectivity index (χ0) is 18.6. The molecule has 8 nitrogen and oxygen atoms in total. The monoisotopic (exact) mass is 358 g/mol. The number of hydrogen-bond donors (Lipinski definition) is 0. The van der Waals surface area contributed by atoms with Crippen LogP contribution in [0.15, 0.2) is 67.1 Å². The standard InChI is InChI=1S/C19H14N6O2/c1-27-19(26)14-6-4-5-13(9-14)15-10-16(12-20-11-15)25-23-18(22-24-25)17-7-2-3-8-21-17/h2-12H,1H3. The van der Waals surface area contributed by atoms with Crippen LogP contribution >= 0.6 is 0 Å². The normalized spacial score (nSPS) is 10.6. The van der Waals surface area contributed by atoms with E-state index >= 15 is 0 Å². The maximum Gasteiger partial charge on any atom is 0.337 e. The molecule has 0 fully saturated rings. The molecular formula is C19H14N6O2. The first-order chi connectivity index (χ1) is 13.2. The minimum absolute atomic E-state index is 0.390. The SMILES string of the molecule is COC(=O)c1cccc(-c2cncc(-n3nnc(-c4ccccn4)n3)c2)c1. The summed E-state index contributed by atoms with van der Waals surface area (Å²) in [6, 6.07) is 14.5. The van der Waals surface area contributed by atoms with E-state index in [4.69, 9.17) is 4.74 Å². The van der Waals surface area contributed by atoms with Crippen molar-refractivity contribution >= 4 is 5.97 Å². The molecule has 0 aliphatic rings. The molecule has 0 bridgehead atoms. The molecule has 132 valence electrons. The molecule has 0 unspecified atom stereocenters. The summed E-state index contributed by atoms with van der Waals surface area (Å²) >= 11 is 0. The van der Waals surface area contributed by atoms with Gasteiger partial charge in [-0.15, -0.1) is 15.0 Å². The summed E-state index contributed by atoms with van der Waals surface area (Å²) in [5.41, 5.74) is 3.40. The zero-order valence-electron chi connectivity index (χ0n) is 14.4. The Balaban J connectivity index is 1.68. The molecule has 0 N–H and O–H groups in total. The number of pyridine rings is 2. The quantitative estimate of drug-likeness (QED) is 0.517. The van der Waals surface area contributed by atoms with Gasteiger partial charge in [0.05, 0.1) is 18.9 Å². The number of tetrazole rings is 1. The molecular weight excluding hydrogens is 344 g/mol. The van der Waals surface area contributed by atoms with Crippen LogP contribution in [-0.4, -0.2) is 43.3 Å². The molecule has 0 saturated carbocycles. The van der Waals surface area contributed by atoms with Crippen LogP contribution in [0.1, 0.15) is 10.4 Å². The zero-order valence-corrected chi connectivity index (χ0v) is 14.4. The van der Waals surface area contributed by atoms with Gasteiger partial charge in [-0.25, -0.2) is 4.79 Å². The molecule has 1 aromatic carbocycles. The van der Waals surface area contributed by atoms with Gasteiger partial charge in [0.1, 0.15) is 11.4 Å². The van der Waals surface area contributed by atoms with Crippen molar-refractivity contribution in [1.29, 1.82) is 0 Å². The summed E-state index contributed by atoms with van der Waals surface area (Å²) in [5.74, 6) is 0.0348. The minimum Gasteiger partial charge on any atom is -0.465 e. The van der Waals surface area contributed by atoms with Gasteiger partial charge in [0.25, 0.3) is 0 Å². The molecule has 0 saturated heterocycles. The van der Waals surface area contributed by atoms with Crippen LogP contribution in [0.3, 0.4) is 0 Å². The van der Waals surface area contributed by atoms with Crippen molar-refractivity contribution in [3.05, 3.63) is 72.7 Å². The Morgan fingerprint density at radius 2 is 1.96 bits per heavy atom. The average molecular weight is 358 g/mol. The third-order valence-corrected chi connectivity index (χ3v) is 3.88. The van der Waals surface area contributed by atoms with Crippen LogP contribution in [0.25, 0.3) is 28.3 Å². The number of nitrogens with zero attached hydrogens (tertiary/aromatic N) is 6. The summed E-state index contributed by atoms with van der Waals surface area (Å²) in [5, 5.41) is 12.5. The second kappa shape index (κ2) is 7.12. The highest BCUT2D eigenvalue weighted by molar-refractivity contribution is 5.91. The predicted molar refractivity (Wildman–Crippen MR) is 97.0 cm³/mol. The number of ether oxygens (including phenoxy) is 1. The summed E-state index contributed by atoms with van der Waals surface area (Å²) in [6.45, 7) is 0. The number of benzene rings is 1. The number of hydrogen-bond acceptors (Lipinski definition) is 7. The number of rotatable bonds is 4. The number of methoxy groups -OCH3 is 1. The Morgan fingerprint density at radius 3 is 2.78 bits per heavy atom. The van der Waals surface area contributed by atoms with Gasteiger partial charge in [0.15, 0.2) is 0 Å². The van der Waals surface area contributed by atoms with Crippen molar-refractivity contribution in [2.24, 2.45) is 0 Å². The fourth-order valence-corrected chi connectivity index (χ4v) is 2.56. The van der Waals surface area contributed by atoms with Crippen LogP contribution in [0.2, 0.25) is 0 Å². The molecule has 0 aliphatic heterocycles. The van der Waals surface area contributed by atoms with Gasteiger partial charge in [0, 0.05) is 18.0 Å². The predicted octanol–water partition coefficient (Wildman–Crippen LogP) is 2.57. The van der Waals surface area contributed by atoms with Crippen LogP contribution in [0, 0.1) is 0 Å². The van der Waals surface area contributed by atoms with E-state index in [-0.39, 0.29) is 5.97 Å². The third kappa shape index (κ3) is 3.40. The number of carbonyl (C=O) groups is 1. The molecule has 4 aromatic rings. The van der Waals surface area contributed by atoms with E-state index in [0.29, 0.717) is 22.8 Å². The van der Waals surface area contributed by atoms with Gasteiger partial charge in [-0.3, -0.25) is 9.97 Å². The second-order valence-electron chi connectivity index (χ2n) is 5.62. The summed E-state index contributed by atoms with van der Waals surface area (Å²) in [6.07, 6.45) is 5.01. The largest absolute Gasteiger partial charge is 0.465 e. The Kier molecular flexibility index (Phi) is 4.36. The lowest BCUT2D eigenvalue weighted by molar-refractivity contribution is 0.0601. The van der Waals surface area contributed by atoms with E-state index in [2.05, 4.69) is 25.4 Å². The lowest BCUT2D eigenvalue weighted by atomic mass is 10.0. The number of aromatic nitrogens is 6. The van der Waals surface area contributed by atoms with Gasteiger partial charge in [-0.2, -0.15) is 0 Å². The Labute approximate surface area is 154 Å². The summed E-state index contributed by atoms with van der Waals surface area (Å²) in [4.78, 5) is 21.6. The van der Waals surface area contributed by atoms with Gasteiger partial charge in [0.2, 0.25) is 5.82 Å². The van der Waals surface area contributed by atoms with Gasteiger partial charge in [-0.1, -0.05) is 18.2 Å². The van der Waals surface area contributed by atoms with Crippen molar-refractivity contribution in [3.8, 4) is 28.3 Å². The lowest BCUT2D eigenvalue weighted by Gasteiger charge is -2.05. The molecule has 3 aromatic heterocycles. The van der Waals surface area contributed by atoms with E-state index in [1.165, 1.54) is 11.9 Å². The third-order valence-electron chi connectivity index (χ3n) is 3.88. The molecule has 27 heavy (non-hydrogen) atoms. The molecule has 0 spiro atoms. The smallest absolute Gasteiger partial charge is 0.337 e. The molecule has 0 atom stereocenters. The molecule has 0 amide bonds. The van der Waals surface area contributed by atoms with Crippen molar-refractivity contribution < 1.29 is 9.53 Å². The molecule has 0 aliphatic carbocycles. The lowest BCUT2D eigenvalue weighted by Crippen LogP contribution is -2.02. The average Bonchev–Trinajstić information content (AvgIpc) is 3.24.